The zero-order chi connectivity index (χ0) is 13.8. The summed E-state index contributed by atoms with van der Waals surface area (Å²) in [6, 6.07) is 15.1. The van der Waals surface area contributed by atoms with Gasteiger partial charge in [-0.3, -0.25) is 0 Å². The number of nitrogen functional groups attached to an aromatic ring is 1. The fourth-order valence-corrected chi connectivity index (χ4v) is 2.09. The Bertz CT molecular complexity index is 632. The Kier molecular flexibility index (Phi) is 3.94. The number of nitriles is 1. The molecular weight excluding hydrogens is 258 g/mol. The van der Waals surface area contributed by atoms with Crippen molar-refractivity contribution in [3.63, 3.8) is 0 Å². The molecule has 4 heteroatoms. The van der Waals surface area contributed by atoms with Crippen molar-refractivity contribution < 1.29 is 0 Å². The summed E-state index contributed by atoms with van der Waals surface area (Å²) < 4.78 is 0. The van der Waals surface area contributed by atoms with E-state index in [0.717, 1.165) is 16.9 Å². The highest BCUT2D eigenvalue weighted by molar-refractivity contribution is 6.31. The van der Waals surface area contributed by atoms with Gasteiger partial charge in [-0.05, 0) is 35.9 Å². The lowest BCUT2D eigenvalue weighted by molar-refractivity contribution is 0.923. The number of nitrogens with zero attached hydrogens (tertiary/aromatic N) is 2. The number of anilines is 2. The van der Waals surface area contributed by atoms with Gasteiger partial charge in [-0.1, -0.05) is 23.7 Å². The van der Waals surface area contributed by atoms with Crippen molar-refractivity contribution in [3.8, 4) is 6.07 Å². The van der Waals surface area contributed by atoms with Gasteiger partial charge in [0.2, 0.25) is 0 Å². The zero-order valence-electron chi connectivity index (χ0n) is 10.6. The van der Waals surface area contributed by atoms with Gasteiger partial charge in [-0.15, -0.1) is 0 Å². The van der Waals surface area contributed by atoms with Crippen LogP contribution < -0.4 is 10.6 Å². The molecule has 2 aromatic carbocycles. The van der Waals surface area contributed by atoms with Gasteiger partial charge in [0.05, 0.1) is 11.6 Å². The van der Waals surface area contributed by atoms with Gasteiger partial charge in [-0.25, -0.2) is 0 Å². The normalized spacial score (nSPS) is 9.95. The Morgan fingerprint density at radius 2 is 2.05 bits per heavy atom. The van der Waals surface area contributed by atoms with Crippen LogP contribution in [-0.4, -0.2) is 7.05 Å². The van der Waals surface area contributed by atoms with Crippen LogP contribution in [0.25, 0.3) is 0 Å². The first-order valence-corrected chi connectivity index (χ1v) is 6.23. The van der Waals surface area contributed by atoms with Crippen LogP contribution in [0, 0.1) is 11.3 Å². The van der Waals surface area contributed by atoms with E-state index in [0.29, 0.717) is 17.1 Å². The third-order valence-corrected chi connectivity index (χ3v) is 3.25. The Balaban J connectivity index is 2.20. The van der Waals surface area contributed by atoms with E-state index in [-0.39, 0.29) is 0 Å². The second-order valence-electron chi connectivity index (χ2n) is 4.37. The second-order valence-corrected chi connectivity index (χ2v) is 4.78. The molecule has 0 aliphatic carbocycles. The molecule has 0 aliphatic heterocycles. The number of rotatable bonds is 3. The average Bonchev–Trinajstić information content (AvgIpc) is 2.41. The molecule has 0 aromatic heterocycles. The summed E-state index contributed by atoms with van der Waals surface area (Å²) in [6.07, 6.45) is 0. The summed E-state index contributed by atoms with van der Waals surface area (Å²) in [6.45, 7) is 0.661. The molecule has 0 fully saturated rings. The van der Waals surface area contributed by atoms with Gasteiger partial charge in [0.15, 0.2) is 0 Å². The minimum absolute atomic E-state index is 0.570. The lowest BCUT2D eigenvalue weighted by Crippen LogP contribution is -2.16. The van der Waals surface area contributed by atoms with Crippen molar-refractivity contribution >= 4 is 23.0 Å². The number of hydrogen-bond acceptors (Lipinski definition) is 3. The van der Waals surface area contributed by atoms with E-state index in [1.54, 1.807) is 12.1 Å². The van der Waals surface area contributed by atoms with Gasteiger partial charge < -0.3 is 10.6 Å². The van der Waals surface area contributed by atoms with Crippen molar-refractivity contribution in [2.75, 3.05) is 17.7 Å². The summed E-state index contributed by atoms with van der Waals surface area (Å²) in [4.78, 5) is 2.06. The first-order valence-electron chi connectivity index (χ1n) is 5.85. The zero-order valence-corrected chi connectivity index (χ0v) is 11.4. The first-order chi connectivity index (χ1) is 9.10. The van der Waals surface area contributed by atoms with Gasteiger partial charge in [0.1, 0.15) is 0 Å². The average molecular weight is 272 g/mol. The van der Waals surface area contributed by atoms with Crippen LogP contribution in [0.2, 0.25) is 5.02 Å². The molecule has 0 radical (unpaired) electrons. The Labute approximate surface area is 117 Å². The maximum atomic E-state index is 8.81. The first kappa shape index (κ1) is 13.3. The van der Waals surface area contributed by atoms with Crippen LogP contribution in [0.4, 0.5) is 11.4 Å². The highest BCUT2D eigenvalue weighted by Gasteiger charge is 2.06. The molecule has 0 saturated carbocycles. The SMILES string of the molecule is CN(Cc1ccc(C#N)cc1Cl)c1cccc(N)c1. The number of hydrogen-bond donors (Lipinski definition) is 1. The minimum Gasteiger partial charge on any atom is -0.399 e. The molecule has 0 heterocycles. The molecule has 96 valence electrons. The van der Waals surface area contributed by atoms with Gasteiger partial charge >= 0.3 is 0 Å². The van der Waals surface area contributed by atoms with E-state index in [1.165, 1.54) is 0 Å². The van der Waals surface area contributed by atoms with E-state index < -0.39 is 0 Å². The highest BCUT2D eigenvalue weighted by atomic mass is 35.5. The van der Waals surface area contributed by atoms with E-state index in [2.05, 4.69) is 11.0 Å². The fraction of sp³-hybridized carbons (Fsp3) is 0.133. The molecule has 0 aliphatic rings. The summed E-state index contributed by atoms with van der Waals surface area (Å²) >= 11 is 6.17. The molecule has 19 heavy (non-hydrogen) atoms. The predicted molar refractivity (Wildman–Crippen MR) is 79.1 cm³/mol. The summed E-state index contributed by atoms with van der Waals surface area (Å²) in [5, 5.41) is 9.42. The summed E-state index contributed by atoms with van der Waals surface area (Å²) in [5.41, 5.74) is 9.08. The summed E-state index contributed by atoms with van der Waals surface area (Å²) in [5.74, 6) is 0. The lowest BCUT2D eigenvalue weighted by Gasteiger charge is -2.20. The molecule has 0 spiro atoms. The third kappa shape index (κ3) is 3.18. The van der Waals surface area contributed by atoms with Gasteiger partial charge in [0, 0.05) is 30.0 Å². The van der Waals surface area contributed by atoms with Crippen LogP contribution in [0.1, 0.15) is 11.1 Å². The monoisotopic (exact) mass is 271 g/mol. The van der Waals surface area contributed by atoms with Crippen molar-refractivity contribution in [1.29, 1.82) is 5.26 Å². The molecule has 0 saturated heterocycles. The quantitative estimate of drug-likeness (QED) is 0.870. The van der Waals surface area contributed by atoms with Crippen LogP contribution in [0.15, 0.2) is 42.5 Å². The maximum Gasteiger partial charge on any atom is 0.0992 e. The predicted octanol–water partition coefficient (Wildman–Crippen LogP) is 3.43. The van der Waals surface area contributed by atoms with Crippen LogP contribution in [0.5, 0.6) is 0 Å². The van der Waals surface area contributed by atoms with E-state index in [9.17, 15) is 0 Å². The molecule has 2 rings (SSSR count). The van der Waals surface area contributed by atoms with Crippen LogP contribution >= 0.6 is 11.6 Å². The van der Waals surface area contributed by atoms with E-state index in [1.807, 2.05) is 37.4 Å². The van der Waals surface area contributed by atoms with Crippen LogP contribution in [0.3, 0.4) is 0 Å². The van der Waals surface area contributed by atoms with Crippen molar-refractivity contribution in [3.05, 3.63) is 58.6 Å². The Morgan fingerprint density at radius 1 is 1.26 bits per heavy atom. The van der Waals surface area contributed by atoms with Crippen molar-refractivity contribution in [1.82, 2.24) is 0 Å². The number of benzene rings is 2. The molecule has 3 nitrogen and oxygen atoms in total. The molecule has 0 bridgehead atoms. The number of halogens is 1. The smallest absolute Gasteiger partial charge is 0.0992 e. The standard InChI is InChI=1S/C15H14ClN3/c1-19(14-4-2-3-13(18)8-14)10-12-6-5-11(9-17)7-15(12)16/h2-8H,10,18H2,1H3. The Morgan fingerprint density at radius 3 is 2.68 bits per heavy atom. The molecule has 0 amide bonds. The van der Waals surface area contributed by atoms with Gasteiger partial charge in [0.25, 0.3) is 0 Å². The highest BCUT2D eigenvalue weighted by Crippen LogP contribution is 2.23. The second kappa shape index (κ2) is 5.64. The molecular formula is C15H14ClN3. The Hall–Kier alpha value is -2.18. The largest absolute Gasteiger partial charge is 0.399 e. The van der Waals surface area contributed by atoms with Crippen molar-refractivity contribution in [2.24, 2.45) is 0 Å². The van der Waals surface area contributed by atoms with E-state index >= 15 is 0 Å². The maximum absolute atomic E-state index is 8.81. The topological polar surface area (TPSA) is 53.0 Å². The number of nitrogens with two attached hydrogens (primary N) is 1. The molecule has 0 unspecified atom stereocenters. The fourth-order valence-electron chi connectivity index (χ4n) is 1.85. The van der Waals surface area contributed by atoms with Crippen LogP contribution in [-0.2, 0) is 6.54 Å². The minimum atomic E-state index is 0.570. The molecule has 2 N–H and O–H groups in total. The van der Waals surface area contributed by atoms with Crippen molar-refractivity contribution in [2.45, 2.75) is 6.54 Å². The lowest BCUT2D eigenvalue weighted by atomic mass is 10.1. The van der Waals surface area contributed by atoms with E-state index in [4.69, 9.17) is 22.6 Å². The molecule has 2 aromatic rings. The molecule has 0 atom stereocenters. The third-order valence-electron chi connectivity index (χ3n) is 2.90. The summed E-state index contributed by atoms with van der Waals surface area (Å²) in [7, 11) is 1.98. The van der Waals surface area contributed by atoms with Gasteiger partial charge in [-0.2, -0.15) is 5.26 Å².